The second kappa shape index (κ2) is 9.90. The zero-order chi connectivity index (χ0) is 22.5. The number of aliphatic hydroxyl groups is 1. The molecule has 0 radical (unpaired) electrons. The summed E-state index contributed by atoms with van der Waals surface area (Å²) in [6.07, 6.45) is 3.70. The van der Waals surface area contributed by atoms with Gasteiger partial charge in [-0.1, -0.05) is 68.7 Å². The van der Waals surface area contributed by atoms with Crippen LogP contribution >= 0.6 is 11.3 Å². The SMILES string of the molecule is CCCCCCOC1Nc2scc(-c3ccc(-c4ccccc4O)cc3)c2C(O)=C1C#N. The number of para-hydroxylation sites is 1. The first-order chi connectivity index (χ1) is 15.6. The highest BCUT2D eigenvalue weighted by atomic mass is 32.1. The molecule has 1 unspecified atom stereocenters. The van der Waals surface area contributed by atoms with E-state index < -0.39 is 6.23 Å². The molecule has 0 saturated heterocycles. The van der Waals surface area contributed by atoms with Gasteiger partial charge in [-0.05, 0) is 23.6 Å². The van der Waals surface area contributed by atoms with E-state index in [1.54, 1.807) is 12.1 Å². The number of phenols is 1. The second-order valence-corrected chi connectivity index (χ2v) is 8.66. The molecule has 5 nitrogen and oxygen atoms in total. The molecular weight excluding hydrogens is 420 g/mol. The van der Waals surface area contributed by atoms with Gasteiger partial charge < -0.3 is 20.3 Å². The van der Waals surface area contributed by atoms with Crippen LogP contribution < -0.4 is 5.32 Å². The second-order valence-electron chi connectivity index (χ2n) is 7.78. The molecule has 164 valence electrons. The summed E-state index contributed by atoms with van der Waals surface area (Å²) in [7, 11) is 0. The normalized spacial score (nSPS) is 15.2. The maximum atomic E-state index is 10.9. The van der Waals surface area contributed by atoms with E-state index in [1.165, 1.54) is 11.3 Å². The number of nitrogens with one attached hydrogen (secondary N) is 1. The molecule has 1 atom stereocenters. The van der Waals surface area contributed by atoms with Crippen LogP contribution in [-0.4, -0.2) is 23.0 Å². The summed E-state index contributed by atoms with van der Waals surface area (Å²) in [5.41, 5.74) is 4.29. The van der Waals surface area contributed by atoms with Gasteiger partial charge in [0, 0.05) is 23.1 Å². The van der Waals surface area contributed by atoms with Crippen molar-refractivity contribution >= 4 is 22.1 Å². The minimum absolute atomic E-state index is 0.0270. The minimum Gasteiger partial charge on any atom is -0.507 e. The molecule has 1 aliphatic heterocycles. The Morgan fingerprint density at radius 3 is 2.41 bits per heavy atom. The Morgan fingerprint density at radius 1 is 1.00 bits per heavy atom. The van der Waals surface area contributed by atoms with Gasteiger partial charge in [-0.3, -0.25) is 0 Å². The summed E-state index contributed by atoms with van der Waals surface area (Å²) >= 11 is 1.48. The molecule has 2 aromatic carbocycles. The summed E-state index contributed by atoms with van der Waals surface area (Å²) in [6, 6.07) is 17.1. The molecule has 32 heavy (non-hydrogen) atoms. The summed E-state index contributed by atoms with van der Waals surface area (Å²) in [4.78, 5) is 0. The number of hydrogen-bond donors (Lipinski definition) is 3. The minimum atomic E-state index is -0.635. The van der Waals surface area contributed by atoms with E-state index in [4.69, 9.17) is 4.74 Å². The van der Waals surface area contributed by atoms with Gasteiger partial charge in [0.05, 0.1) is 5.56 Å². The van der Waals surface area contributed by atoms with Gasteiger partial charge in [0.15, 0.2) is 6.23 Å². The predicted octanol–water partition coefficient (Wildman–Crippen LogP) is 6.93. The molecule has 2 heterocycles. The van der Waals surface area contributed by atoms with Gasteiger partial charge in [-0.2, -0.15) is 5.26 Å². The standard InChI is InChI=1S/C26H26N2O3S/c1-2-3-4-7-14-31-25-20(15-27)24(30)23-21(16-32-26(23)28-25)18-12-10-17(11-13-18)19-8-5-6-9-22(19)29/h5-6,8-13,16,25,28-30H,2-4,7,14H2,1H3. The van der Waals surface area contributed by atoms with Crippen LogP contribution in [-0.2, 0) is 4.74 Å². The van der Waals surface area contributed by atoms with Crippen molar-refractivity contribution in [3.05, 3.63) is 65.0 Å². The van der Waals surface area contributed by atoms with Crippen molar-refractivity contribution in [2.45, 2.75) is 38.8 Å². The average molecular weight is 447 g/mol. The fraction of sp³-hybridized carbons (Fsp3) is 0.269. The highest BCUT2D eigenvalue weighted by Crippen LogP contribution is 2.44. The van der Waals surface area contributed by atoms with Crippen molar-refractivity contribution in [3.8, 4) is 34.1 Å². The van der Waals surface area contributed by atoms with E-state index in [-0.39, 0.29) is 17.1 Å². The van der Waals surface area contributed by atoms with Crippen molar-refractivity contribution in [3.63, 3.8) is 0 Å². The number of thiophene rings is 1. The number of phenolic OH excluding ortho intramolecular Hbond substituents is 1. The molecule has 3 N–H and O–H groups in total. The van der Waals surface area contributed by atoms with Crippen LogP contribution in [0.2, 0.25) is 0 Å². The van der Waals surface area contributed by atoms with Gasteiger partial charge in [0.1, 0.15) is 28.2 Å². The highest BCUT2D eigenvalue weighted by molar-refractivity contribution is 7.15. The van der Waals surface area contributed by atoms with Gasteiger partial charge in [-0.15, -0.1) is 11.3 Å². The number of anilines is 1. The Morgan fingerprint density at radius 2 is 1.72 bits per heavy atom. The predicted molar refractivity (Wildman–Crippen MR) is 130 cm³/mol. The van der Waals surface area contributed by atoms with Crippen LogP contribution in [0.25, 0.3) is 28.0 Å². The van der Waals surface area contributed by atoms with E-state index in [0.29, 0.717) is 12.2 Å². The number of nitrogens with zero attached hydrogens (tertiary/aromatic N) is 1. The number of ether oxygens (including phenoxy) is 1. The Labute approximate surface area is 192 Å². The molecule has 0 fully saturated rings. The number of aromatic hydroxyl groups is 1. The van der Waals surface area contributed by atoms with Gasteiger partial charge in [-0.25, -0.2) is 0 Å². The number of rotatable bonds is 8. The number of fused-ring (bicyclic) bond motifs is 1. The molecule has 6 heteroatoms. The molecule has 0 saturated carbocycles. The average Bonchev–Trinajstić information content (AvgIpc) is 3.24. The van der Waals surface area contributed by atoms with Crippen LogP contribution in [0.4, 0.5) is 5.00 Å². The van der Waals surface area contributed by atoms with Gasteiger partial charge in [0.2, 0.25) is 0 Å². The third-order valence-corrected chi connectivity index (χ3v) is 6.53. The lowest BCUT2D eigenvalue weighted by atomic mass is 9.96. The Kier molecular flexibility index (Phi) is 6.79. The molecule has 0 bridgehead atoms. The largest absolute Gasteiger partial charge is 0.507 e. The number of nitriles is 1. The van der Waals surface area contributed by atoms with Crippen LogP contribution in [0.1, 0.15) is 38.2 Å². The fourth-order valence-electron chi connectivity index (χ4n) is 3.88. The first-order valence-corrected chi connectivity index (χ1v) is 11.7. The van der Waals surface area contributed by atoms with Crippen LogP contribution in [0.15, 0.2) is 59.5 Å². The van der Waals surface area contributed by atoms with E-state index in [0.717, 1.165) is 52.9 Å². The lowest BCUT2D eigenvalue weighted by molar-refractivity contribution is 0.0935. The zero-order valence-electron chi connectivity index (χ0n) is 18.0. The summed E-state index contributed by atoms with van der Waals surface area (Å²) in [5.74, 6) is 0.207. The molecular formula is C26H26N2O3S. The van der Waals surface area contributed by atoms with Crippen LogP contribution in [0, 0.1) is 11.3 Å². The fourth-order valence-corrected chi connectivity index (χ4v) is 4.86. The zero-order valence-corrected chi connectivity index (χ0v) is 18.8. The maximum Gasteiger partial charge on any atom is 0.168 e. The lowest BCUT2D eigenvalue weighted by Gasteiger charge is -2.25. The van der Waals surface area contributed by atoms with Crippen LogP contribution in [0.5, 0.6) is 5.75 Å². The Balaban J connectivity index is 1.58. The van der Waals surface area contributed by atoms with Crippen molar-refractivity contribution in [2.24, 2.45) is 0 Å². The smallest absolute Gasteiger partial charge is 0.168 e. The summed E-state index contributed by atoms with van der Waals surface area (Å²) in [6.45, 7) is 2.70. The number of benzene rings is 2. The molecule has 1 aromatic heterocycles. The van der Waals surface area contributed by atoms with E-state index in [2.05, 4.69) is 18.3 Å². The van der Waals surface area contributed by atoms with E-state index >= 15 is 0 Å². The topological polar surface area (TPSA) is 85.5 Å². The molecule has 3 aromatic rings. The Hall–Kier alpha value is -3.27. The molecule has 0 spiro atoms. The summed E-state index contributed by atoms with van der Waals surface area (Å²) in [5, 5.41) is 36.8. The summed E-state index contributed by atoms with van der Waals surface area (Å²) < 4.78 is 5.88. The molecule has 4 rings (SSSR count). The van der Waals surface area contributed by atoms with Crippen molar-refractivity contribution < 1.29 is 14.9 Å². The van der Waals surface area contributed by atoms with E-state index in [1.807, 2.05) is 41.8 Å². The molecule has 0 amide bonds. The molecule has 0 aliphatic carbocycles. The van der Waals surface area contributed by atoms with Crippen molar-refractivity contribution in [1.82, 2.24) is 0 Å². The highest BCUT2D eigenvalue weighted by Gasteiger charge is 2.31. The number of unbranched alkanes of at least 4 members (excludes halogenated alkanes) is 3. The monoisotopic (exact) mass is 446 g/mol. The van der Waals surface area contributed by atoms with Gasteiger partial charge in [0.25, 0.3) is 0 Å². The van der Waals surface area contributed by atoms with Crippen LogP contribution in [0.3, 0.4) is 0 Å². The third-order valence-electron chi connectivity index (χ3n) is 5.62. The van der Waals surface area contributed by atoms with Crippen molar-refractivity contribution in [1.29, 1.82) is 5.26 Å². The maximum absolute atomic E-state index is 10.9. The number of hydrogen-bond acceptors (Lipinski definition) is 6. The van der Waals surface area contributed by atoms with Crippen molar-refractivity contribution in [2.75, 3.05) is 11.9 Å². The first kappa shape index (κ1) is 21.9. The lowest BCUT2D eigenvalue weighted by Crippen LogP contribution is -2.29. The molecule has 1 aliphatic rings. The first-order valence-electron chi connectivity index (χ1n) is 10.9. The quantitative estimate of drug-likeness (QED) is 0.327. The van der Waals surface area contributed by atoms with E-state index in [9.17, 15) is 15.5 Å². The Bertz CT molecular complexity index is 1160. The van der Waals surface area contributed by atoms with Gasteiger partial charge >= 0.3 is 0 Å². The number of aliphatic hydroxyl groups excluding tert-OH is 1. The third kappa shape index (κ3) is 4.36.